The number of benzene rings is 1. The third-order valence-electron chi connectivity index (χ3n) is 2.68. The van der Waals surface area contributed by atoms with Gasteiger partial charge in [0.1, 0.15) is 11.5 Å². The summed E-state index contributed by atoms with van der Waals surface area (Å²) < 4.78 is 15.4. The molecule has 0 spiro atoms. The average molecular weight is 296 g/mol. The Hall–Kier alpha value is -2.14. The number of ether oxygens (including phenoxy) is 2. The molecule has 6 heteroatoms. The van der Waals surface area contributed by atoms with E-state index in [4.69, 9.17) is 25.5 Å². The van der Waals surface area contributed by atoms with E-state index in [0.717, 1.165) is 5.56 Å². The van der Waals surface area contributed by atoms with Crippen LogP contribution >= 0.6 is 11.6 Å². The maximum atomic E-state index is 12.0. The monoisotopic (exact) mass is 295 g/mol. The number of carbonyl (C=O) groups excluding carboxylic acids is 1. The molecular weight excluding hydrogens is 282 g/mol. The van der Waals surface area contributed by atoms with Gasteiger partial charge in [0.2, 0.25) is 0 Å². The number of rotatable bonds is 4. The molecule has 106 valence electrons. The number of furan rings is 1. The minimum Gasteiger partial charge on any atom is -0.495 e. The van der Waals surface area contributed by atoms with Crippen molar-refractivity contribution >= 4 is 23.2 Å². The fraction of sp³-hybridized carbons (Fsp3) is 0.214. The van der Waals surface area contributed by atoms with Crippen LogP contribution in [0, 0.1) is 6.92 Å². The Labute approximate surface area is 121 Å². The molecule has 1 amide bonds. The highest BCUT2D eigenvalue weighted by Gasteiger charge is 2.15. The summed E-state index contributed by atoms with van der Waals surface area (Å²) in [4.78, 5) is 12.0. The fourth-order valence-electron chi connectivity index (χ4n) is 1.69. The van der Waals surface area contributed by atoms with E-state index in [9.17, 15) is 4.79 Å². The zero-order valence-electron chi connectivity index (χ0n) is 11.3. The quantitative estimate of drug-likeness (QED) is 0.937. The van der Waals surface area contributed by atoms with Crippen molar-refractivity contribution in [2.45, 2.75) is 6.92 Å². The number of carbonyl (C=O) groups is 1. The van der Waals surface area contributed by atoms with E-state index in [0.29, 0.717) is 22.2 Å². The molecule has 2 rings (SSSR count). The largest absolute Gasteiger partial charge is 0.495 e. The van der Waals surface area contributed by atoms with Crippen molar-refractivity contribution in [2.75, 3.05) is 19.5 Å². The Morgan fingerprint density at radius 2 is 1.90 bits per heavy atom. The van der Waals surface area contributed by atoms with Crippen LogP contribution in [0.3, 0.4) is 0 Å². The van der Waals surface area contributed by atoms with Crippen molar-refractivity contribution in [1.82, 2.24) is 0 Å². The normalized spacial score (nSPS) is 10.2. The van der Waals surface area contributed by atoms with Gasteiger partial charge in [-0.2, -0.15) is 0 Å². The highest BCUT2D eigenvalue weighted by molar-refractivity contribution is 6.32. The molecule has 0 atom stereocenters. The van der Waals surface area contributed by atoms with Crippen LogP contribution in [-0.2, 0) is 0 Å². The molecule has 1 heterocycles. The molecule has 5 nitrogen and oxygen atoms in total. The van der Waals surface area contributed by atoms with E-state index >= 15 is 0 Å². The number of methoxy groups -OCH3 is 2. The van der Waals surface area contributed by atoms with Gasteiger partial charge in [-0.3, -0.25) is 4.79 Å². The van der Waals surface area contributed by atoms with Crippen molar-refractivity contribution in [3.8, 4) is 11.5 Å². The SMILES string of the molecule is COc1cc(NC(=O)c2cc(C)co2)c(OC)cc1Cl. The van der Waals surface area contributed by atoms with Gasteiger partial charge in [0, 0.05) is 12.1 Å². The molecule has 2 aromatic rings. The topological polar surface area (TPSA) is 60.7 Å². The molecule has 1 aromatic carbocycles. The molecule has 0 unspecified atom stereocenters. The number of anilines is 1. The second-order valence-electron chi connectivity index (χ2n) is 4.13. The maximum Gasteiger partial charge on any atom is 0.291 e. The molecule has 0 radical (unpaired) electrons. The first-order valence-corrected chi connectivity index (χ1v) is 6.21. The summed E-state index contributed by atoms with van der Waals surface area (Å²) in [6.45, 7) is 1.84. The van der Waals surface area contributed by atoms with Crippen molar-refractivity contribution in [1.29, 1.82) is 0 Å². The predicted molar refractivity (Wildman–Crippen MR) is 76.0 cm³/mol. The predicted octanol–water partition coefficient (Wildman–Crippen LogP) is 3.51. The van der Waals surface area contributed by atoms with Gasteiger partial charge >= 0.3 is 0 Å². The number of amides is 1. The molecular formula is C14H14ClNO4. The third kappa shape index (κ3) is 2.88. The highest BCUT2D eigenvalue weighted by Crippen LogP contribution is 2.36. The van der Waals surface area contributed by atoms with Gasteiger partial charge in [0.25, 0.3) is 5.91 Å². The smallest absolute Gasteiger partial charge is 0.291 e. The van der Waals surface area contributed by atoms with Crippen molar-refractivity contribution in [3.05, 3.63) is 40.8 Å². The first-order valence-electron chi connectivity index (χ1n) is 5.83. The molecule has 0 aliphatic rings. The summed E-state index contributed by atoms with van der Waals surface area (Å²) in [6.07, 6.45) is 1.51. The molecule has 0 aliphatic carbocycles. The van der Waals surface area contributed by atoms with Crippen LogP contribution in [0.15, 0.2) is 28.9 Å². The molecule has 0 saturated carbocycles. The zero-order chi connectivity index (χ0) is 14.7. The number of halogens is 1. The maximum absolute atomic E-state index is 12.0. The third-order valence-corrected chi connectivity index (χ3v) is 2.97. The van der Waals surface area contributed by atoms with Crippen LogP contribution in [0.2, 0.25) is 5.02 Å². The minimum atomic E-state index is -0.374. The van der Waals surface area contributed by atoms with Gasteiger partial charge in [0.05, 0.1) is 31.2 Å². The van der Waals surface area contributed by atoms with Gasteiger partial charge in [-0.15, -0.1) is 0 Å². The fourth-order valence-corrected chi connectivity index (χ4v) is 1.92. The van der Waals surface area contributed by atoms with E-state index in [-0.39, 0.29) is 11.7 Å². The van der Waals surface area contributed by atoms with Crippen LogP contribution in [-0.4, -0.2) is 20.1 Å². The Bertz CT molecular complexity index is 636. The number of nitrogens with one attached hydrogen (secondary N) is 1. The summed E-state index contributed by atoms with van der Waals surface area (Å²) in [7, 11) is 2.99. The minimum absolute atomic E-state index is 0.221. The second kappa shape index (κ2) is 5.88. The zero-order valence-corrected chi connectivity index (χ0v) is 12.1. The molecule has 1 N–H and O–H groups in total. The van der Waals surface area contributed by atoms with Crippen molar-refractivity contribution in [3.63, 3.8) is 0 Å². The van der Waals surface area contributed by atoms with Gasteiger partial charge in [-0.25, -0.2) is 0 Å². The molecule has 0 fully saturated rings. The van der Waals surface area contributed by atoms with Crippen LogP contribution in [0.1, 0.15) is 16.1 Å². The van der Waals surface area contributed by atoms with Crippen LogP contribution in [0.4, 0.5) is 5.69 Å². The van der Waals surface area contributed by atoms with Crippen LogP contribution in [0.5, 0.6) is 11.5 Å². The van der Waals surface area contributed by atoms with Crippen LogP contribution in [0.25, 0.3) is 0 Å². The first-order chi connectivity index (χ1) is 9.55. The molecule has 20 heavy (non-hydrogen) atoms. The summed E-state index contributed by atoms with van der Waals surface area (Å²) in [5, 5.41) is 3.10. The lowest BCUT2D eigenvalue weighted by Gasteiger charge is -2.12. The average Bonchev–Trinajstić information content (AvgIpc) is 2.87. The molecule has 0 aliphatic heterocycles. The van der Waals surface area contributed by atoms with Gasteiger partial charge in [-0.1, -0.05) is 11.6 Å². The van der Waals surface area contributed by atoms with E-state index in [2.05, 4.69) is 5.32 Å². The van der Waals surface area contributed by atoms with Crippen LogP contribution < -0.4 is 14.8 Å². The summed E-state index contributed by atoms with van der Waals surface area (Å²) >= 11 is 6.00. The van der Waals surface area contributed by atoms with Crippen molar-refractivity contribution in [2.24, 2.45) is 0 Å². The lowest BCUT2D eigenvalue weighted by molar-refractivity contribution is 0.0996. The van der Waals surface area contributed by atoms with Gasteiger partial charge < -0.3 is 19.2 Å². The Morgan fingerprint density at radius 1 is 1.20 bits per heavy atom. The Morgan fingerprint density at radius 3 is 2.45 bits per heavy atom. The number of hydrogen-bond donors (Lipinski definition) is 1. The lowest BCUT2D eigenvalue weighted by atomic mass is 10.2. The molecule has 1 aromatic heterocycles. The highest BCUT2D eigenvalue weighted by atomic mass is 35.5. The Balaban J connectivity index is 2.30. The van der Waals surface area contributed by atoms with E-state index in [1.165, 1.54) is 20.5 Å². The van der Waals surface area contributed by atoms with E-state index in [1.807, 2.05) is 6.92 Å². The first kappa shape index (κ1) is 14.3. The molecule has 0 bridgehead atoms. The van der Waals surface area contributed by atoms with E-state index in [1.54, 1.807) is 18.2 Å². The van der Waals surface area contributed by atoms with Gasteiger partial charge in [0.15, 0.2) is 5.76 Å². The Kier molecular flexibility index (Phi) is 4.20. The summed E-state index contributed by atoms with van der Waals surface area (Å²) in [6, 6.07) is 4.81. The second-order valence-corrected chi connectivity index (χ2v) is 4.54. The number of aryl methyl sites for hydroxylation is 1. The lowest BCUT2D eigenvalue weighted by Crippen LogP contribution is -2.12. The summed E-state index contributed by atoms with van der Waals surface area (Å²) in [5.74, 6) is 0.727. The molecule has 0 saturated heterocycles. The summed E-state index contributed by atoms with van der Waals surface area (Å²) in [5.41, 5.74) is 1.32. The number of hydrogen-bond acceptors (Lipinski definition) is 4. The van der Waals surface area contributed by atoms with Crippen molar-refractivity contribution < 1.29 is 18.7 Å². The van der Waals surface area contributed by atoms with Gasteiger partial charge in [-0.05, 0) is 18.6 Å². The van der Waals surface area contributed by atoms with E-state index < -0.39 is 0 Å². The standard InChI is InChI=1S/C14H14ClNO4/c1-8-4-13(20-7-8)14(17)16-10-6-11(18-2)9(15)5-12(10)19-3/h4-7H,1-3H3,(H,16,17).